The smallest absolute Gasteiger partial charge is 0.268 e. The average Bonchev–Trinajstić information content (AvgIpc) is 2.76. The lowest BCUT2D eigenvalue weighted by Gasteiger charge is -2.46. The van der Waals surface area contributed by atoms with Gasteiger partial charge in [0.25, 0.3) is 11.5 Å². The predicted molar refractivity (Wildman–Crippen MR) is 115 cm³/mol. The Labute approximate surface area is 176 Å². The molecule has 160 valence electrons. The second kappa shape index (κ2) is 8.62. The van der Waals surface area contributed by atoms with Gasteiger partial charge in [-0.05, 0) is 69.5 Å². The van der Waals surface area contributed by atoms with Gasteiger partial charge >= 0.3 is 0 Å². The molecular formula is C23H29N3O4. The lowest BCUT2D eigenvalue weighted by molar-refractivity contribution is -0.114. The van der Waals surface area contributed by atoms with Gasteiger partial charge in [0.05, 0.1) is 24.4 Å². The molecule has 2 aliphatic heterocycles. The van der Waals surface area contributed by atoms with Gasteiger partial charge in [0.2, 0.25) is 0 Å². The molecule has 1 aromatic carbocycles. The molecule has 2 saturated heterocycles. The van der Waals surface area contributed by atoms with Gasteiger partial charge < -0.3 is 20.1 Å². The fourth-order valence-electron chi connectivity index (χ4n) is 4.62. The molecule has 0 saturated carbocycles. The number of hydrogen-bond donors (Lipinski definition) is 2. The van der Waals surface area contributed by atoms with E-state index in [-0.39, 0.29) is 28.7 Å². The Morgan fingerprint density at radius 3 is 2.80 bits per heavy atom. The van der Waals surface area contributed by atoms with Crippen LogP contribution in [0.2, 0.25) is 0 Å². The maximum Gasteiger partial charge on any atom is 0.268 e. The number of para-hydroxylation sites is 2. The van der Waals surface area contributed by atoms with Gasteiger partial charge in [-0.1, -0.05) is 12.1 Å². The van der Waals surface area contributed by atoms with Gasteiger partial charge in [0.1, 0.15) is 11.3 Å². The normalized spacial score (nSPS) is 20.7. The summed E-state index contributed by atoms with van der Waals surface area (Å²) in [7, 11) is 1.56. The van der Waals surface area contributed by atoms with E-state index in [0.29, 0.717) is 17.0 Å². The molecule has 4 rings (SSSR count). The zero-order valence-corrected chi connectivity index (χ0v) is 17.6. The number of piperidine rings is 1. The third kappa shape index (κ3) is 3.75. The largest absolute Gasteiger partial charge is 0.495 e. The third-order valence-electron chi connectivity index (χ3n) is 6.29. The molecule has 0 bridgehead atoms. The van der Waals surface area contributed by atoms with Crippen LogP contribution in [0.1, 0.15) is 41.6 Å². The predicted octanol–water partition coefficient (Wildman–Crippen LogP) is 2.19. The van der Waals surface area contributed by atoms with Crippen LogP contribution in [0.15, 0.2) is 41.3 Å². The Kier molecular flexibility index (Phi) is 5.92. The van der Waals surface area contributed by atoms with Crippen molar-refractivity contribution in [3.05, 3.63) is 58.0 Å². The number of nitrogens with zero attached hydrogens (tertiary/aromatic N) is 1. The fraction of sp³-hybridized carbons (Fsp3) is 0.478. The van der Waals surface area contributed by atoms with Crippen molar-refractivity contribution >= 4 is 5.91 Å². The Morgan fingerprint density at radius 2 is 2.03 bits per heavy atom. The molecule has 2 aromatic rings. The molecule has 2 aliphatic rings. The minimum atomic E-state index is -0.354. The molecule has 1 spiro atoms. The molecule has 1 atom stereocenters. The number of carbonyl (C=O) groups excluding carboxylic acids is 1. The minimum Gasteiger partial charge on any atom is -0.495 e. The number of benzene rings is 1. The zero-order chi connectivity index (χ0) is 21.1. The van der Waals surface area contributed by atoms with Crippen molar-refractivity contribution in [1.82, 2.24) is 15.2 Å². The van der Waals surface area contributed by atoms with E-state index in [1.807, 2.05) is 12.1 Å². The third-order valence-corrected chi connectivity index (χ3v) is 6.29. The van der Waals surface area contributed by atoms with Crippen LogP contribution in [-0.4, -0.2) is 48.9 Å². The van der Waals surface area contributed by atoms with Crippen molar-refractivity contribution in [1.29, 1.82) is 0 Å². The first-order valence-electron chi connectivity index (χ1n) is 10.6. The van der Waals surface area contributed by atoms with Crippen LogP contribution in [0.25, 0.3) is 5.69 Å². The highest BCUT2D eigenvalue weighted by Gasteiger charge is 2.44. The van der Waals surface area contributed by atoms with E-state index in [9.17, 15) is 9.59 Å². The number of ether oxygens (including phenoxy) is 2. The fourth-order valence-corrected chi connectivity index (χ4v) is 4.62. The molecule has 1 unspecified atom stereocenters. The first-order chi connectivity index (χ1) is 14.6. The number of carbonyl (C=O) groups is 1. The van der Waals surface area contributed by atoms with Crippen molar-refractivity contribution in [3.63, 3.8) is 0 Å². The van der Waals surface area contributed by atoms with Crippen LogP contribution in [0.3, 0.4) is 0 Å². The van der Waals surface area contributed by atoms with Crippen LogP contribution >= 0.6 is 0 Å². The Morgan fingerprint density at radius 1 is 1.27 bits per heavy atom. The molecule has 3 heterocycles. The second-order valence-electron chi connectivity index (χ2n) is 8.05. The lowest BCUT2D eigenvalue weighted by atomic mass is 9.80. The van der Waals surface area contributed by atoms with Crippen LogP contribution in [-0.2, 0) is 4.74 Å². The van der Waals surface area contributed by atoms with Gasteiger partial charge in [-0.15, -0.1) is 0 Å². The molecule has 0 aliphatic carbocycles. The Bertz CT molecular complexity index is 970. The number of hydrogen-bond acceptors (Lipinski definition) is 5. The topological polar surface area (TPSA) is 81.6 Å². The van der Waals surface area contributed by atoms with E-state index in [0.717, 1.165) is 45.4 Å². The summed E-state index contributed by atoms with van der Waals surface area (Å²) in [6, 6.07) is 8.97. The van der Waals surface area contributed by atoms with Crippen molar-refractivity contribution < 1.29 is 14.3 Å². The van der Waals surface area contributed by atoms with E-state index in [2.05, 4.69) is 10.6 Å². The summed E-state index contributed by atoms with van der Waals surface area (Å²) in [5.74, 6) is 0.235. The minimum absolute atomic E-state index is 0.0976. The van der Waals surface area contributed by atoms with Gasteiger partial charge in [0, 0.05) is 12.8 Å². The SMILES string of the molecule is COc1ccccc1-n1ccc(C)c(C(=O)NC2CCCOC23CCNCC3)c1=O. The molecule has 30 heavy (non-hydrogen) atoms. The maximum absolute atomic E-state index is 13.3. The molecule has 0 radical (unpaired) electrons. The highest BCUT2D eigenvalue weighted by atomic mass is 16.5. The molecule has 2 N–H and O–H groups in total. The quantitative estimate of drug-likeness (QED) is 0.806. The summed E-state index contributed by atoms with van der Waals surface area (Å²) < 4.78 is 13.1. The molecular weight excluding hydrogens is 382 g/mol. The number of aromatic nitrogens is 1. The summed E-state index contributed by atoms with van der Waals surface area (Å²) in [5.41, 5.74) is 0.726. The van der Waals surface area contributed by atoms with Crippen LogP contribution in [0.5, 0.6) is 5.75 Å². The van der Waals surface area contributed by atoms with Crippen molar-refractivity contribution in [2.45, 2.75) is 44.2 Å². The summed E-state index contributed by atoms with van der Waals surface area (Å²) in [4.78, 5) is 26.6. The van der Waals surface area contributed by atoms with Crippen LogP contribution < -0.4 is 20.9 Å². The molecule has 1 amide bonds. The summed E-state index contributed by atoms with van der Waals surface area (Å²) in [5, 5.41) is 6.51. The van der Waals surface area contributed by atoms with Gasteiger partial charge in [-0.3, -0.25) is 14.2 Å². The molecule has 7 nitrogen and oxygen atoms in total. The average molecular weight is 412 g/mol. The molecule has 7 heteroatoms. The number of methoxy groups -OCH3 is 1. The second-order valence-corrected chi connectivity index (χ2v) is 8.05. The summed E-state index contributed by atoms with van der Waals surface area (Å²) in [6.07, 6.45) is 5.16. The first kappa shape index (κ1) is 20.6. The van der Waals surface area contributed by atoms with Crippen molar-refractivity contribution in [3.8, 4) is 11.4 Å². The number of amides is 1. The zero-order valence-electron chi connectivity index (χ0n) is 17.6. The number of aryl methyl sites for hydroxylation is 1. The highest BCUT2D eigenvalue weighted by molar-refractivity contribution is 5.95. The standard InChI is InChI=1S/C23H29N3O4/c1-16-9-14-26(17-6-3-4-7-18(17)29-2)22(28)20(16)21(27)25-19-8-5-15-30-23(19)10-12-24-13-11-23/h3-4,6-7,9,14,19,24H,5,8,10-13,15H2,1-2H3,(H,25,27). The van der Waals surface area contributed by atoms with Crippen LogP contribution in [0.4, 0.5) is 0 Å². The van der Waals surface area contributed by atoms with Crippen molar-refractivity contribution in [2.75, 3.05) is 26.8 Å². The van der Waals surface area contributed by atoms with E-state index >= 15 is 0 Å². The first-order valence-corrected chi connectivity index (χ1v) is 10.6. The monoisotopic (exact) mass is 411 g/mol. The van der Waals surface area contributed by atoms with E-state index in [1.165, 1.54) is 4.57 Å². The highest BCUT2D eigenvalue weighted by Crippen LogP contribution is 2.33. The summed E-state index contributed by atoms with van der Waals surface area (Å²) in [6.45, 7) is 4.26. The van der Waals surface area contributed by atoms with E-state index in [4.69, 9.17) is 9.47 Å². The maximum atomic E-state index is 13.3. The summed E-state index contributed by atoms with van der Waals surface area (Å²) >= 11 is 0. The van der Waals surface area contributed by atoms with Gasteiger partial charge in [0.15, 0.2) is 0 Å². The number of pyridine rings is 1. The van der Waals surface area contributed by atoms with E-state index < -0.39 is 0 Å². The van der Waals surface area contributed by atoms with Crippen LogP contribution in [0, 0.1) is 6.92 Å². The number of rotatable bonds is 4. The van der Waals surface area contributed by atoms with Gasteiger partial charge in [-0.25, -0.2) is 0 Å². The molecule has 2 fully saturated rings. The van der Waals surface area contributed by atoms with Gasteiger partial charge in [-0.2, -0.15) is 0 Å². The Hall–Kier alpha value is -2.64. The number of nitrogens with one attached hydrogen (secondary N) is 2. The molecule has 1 aromatic heterocycles. The Balaban J connectivity index is 1.67. The lowest BCUT2D eigenvalue weighted by Crippen LogP contribution is -2.60. The van der Waals surface area contributed by atoms with E-state index in [1.54, 1.807) is 38.4 Å². The van der Waals surface area contributed by atoms with Crippen molar-refractivity contribution in [2.24, 2.45) is 0 Å².